The van der Waals surface area contributed by atoms with E-state index in [1.807, 2.05) is 45.0 Å². The maximum absolute atomic E-state index is 11.5. The van der Waals surface area contributed by atoms with Crippen molar-refractivity contribution in [2.75, 3.05) is 18.4 Å². The summed E-state index contributed by atoms with van der Waals surface area (Å²) in [6, 6.07) is 7.06. The van der Waals surface area contributed by atoms with Crippen LogP contribution in [0.3, 0.4) is 0 Å². The Bertz CT molecular complexity index is 538. The van der Waals surface area contributed by atoms with E-state index in [4.69, 9.17) is 10.5 Å². The van der Waals surface area contributed by atoms with Crippen molar-refractivity contribution in [3.05, 3.63) is 29.8 Å². The Hall–Kier alpha value is -2.28. The Labute approximate surface area is 143 Å². The Morgan fingerprint density at radius 2 is 1.79 bits per heavy atom. The lowest BCUT2D eigenvalue weighted by molar-refractivity contribution is 0.0527. The van der Waals surface area contributed by atoms with Crippen LogP contribution in [0, 0.1) is 0 Å². The number of nitrogens with one attached hydrogen (secondary N) is 3. The molecule has 0 aliphatic rings. The van der Waals surface area contributed by atoms with Crippen LogP contribution in [0.2, 0.25) is 0 Å². The first-order valence-corrected chi connectivity index (χ1v) is 8.04. The average Bonchev–Trinajstić information content (AvgIpc) is 2.45. The van der Waals surface area contributed by atoms with Crippen molar-refractivity contribution in [1.29, 1.82) is 0 Å². The van der Waals surface area contributed by atoms with Gasteiger partial charge in [-0.2, -0.15) is 0 Å². The van der Waals surface area contributed by atoms with Crippen LogP contribution < -0.4 is 21.7 Å². The van der Waals surface area contributed by atoms with E-state index < -0.39 is 17.7 Å². The monoisotopic (exact) mass is 336 g/mol. The van der Waals surface area contributed by atoms with Gasteiger partial charge in [-0.3, -0.25) is 0 Å². The van der Waals surface area contributed by atoms with E-state index in [9.17, 15) is 9.59 Å². The third-order valence-electron chi connectivity index (χ3n) is 3.15. The van der Waals surface area contributed by atoms with Crippen molar-refractivity contribution in [2.24, 2.45) is 5.73 Å². The number of amides is 3. The number of hydrogen-bond acceptors (Lipinski definition) is 4. The summed E-state index contributed by atoms with van der Waals surface area (Å²) < 4.78 is 5.16. The molecule has 5 N–H and O–H groups in total. The van der Waals surface area contributed by atoms with Gasteiger partial charge in [0.25, 0.3) is 0 Å². The molecule has 0 saturated carbocycles. The van der Waals surface area contributed by atoms with Crippen molar-refractivity contribution in [1.82, 2.24) is 10.6 Å². The van der Waals surface area contributed by atoms with Crippen molar-refractivity contribution in [2.45, 2.75) is 45.8 Å². The van der Waals surface area contributed by atoms with Crippen LogP contribution in [0.4, 0.5) is 15.3 Å². The standard InChI is InChI=1S/C17H28N4O3/c1-12(13-6-8-14(9-7-13)21-15(18)22)19-10-5-11-20-16(23)24-17(2,3)4/h6-9,12,19H,5,10-11H2,1-4H3,(H,20,23)(H3,18,21,22). The van der Waals surface area contributed by atoms with E-state index >= 15 is 0 Å². The number of rotatable bonds is 7. The third-order valence-corrected chi connectivity index (χ3v) is 3.15. The number of hydrogen-bond donors (Lipinski definition) is 4. The van der Waals surface area contributed by atoms with Crippen molar-refractivity contribution in [3.63, 3.8) is 0 Å². The minimum Gasteiger partial charge on any atom is -0.444 e. The highest BCUT2D eigenvalue weighted by molar-refractivity contribution is 5.87. The summed E-state index contributed by atoms with van der Waals surface area (Å²) in [5.41, 5.74) is 6.36. The van der Waals surface area contributed by atoms with Gasteiger partial charge in [-0.15, -0.1) is 0 Å². The molecule has 0 aromatic heterocycles. The van der Waals surface area contributed by atoms with Gasteiger partial charge >= 0.3 is 12.1 Å². The predicted molar refractivity (Wildman–Crippen MR) is 94.9 cm³/mol. The first kappa shape index (κ1) is 19.8. The van der Waals surface area contributed by atoms with Gasteiger partial charge in [0.05, 0.1) is 0 Å². The summed E-state index contributed by atoms with van der Waals surface area (Å²) in [6.45, 7) is 8.87. The summed E-state index contributed by atoms with van der Waals surface area (Å²) in [5, 5.41) is 8.63. The highest BCUT2D eigenvalue weighted by Crippen LogP contribution is 2.15. The van der Waals surface area contributed by atoms with Gasteiger partial charge in [0.15, 0.2) is 0 Å². The molecule has 0 heterocycles. The Morgan fingerprint density at radius 1 is 1.17 bits per heavy atom. The van der Waals surface area contributed by atoms with Crippen molar-refractivity contribution in [3.8, 4) is 0 Å². The Kier molecular flexibility index (Phi) is 7.51. The molecule has 7 nitrogen and oxygen atoms in total. The molecule has 1 aromatic carbocycles. The van der Waals surface area contributed by atoms with E-state index in [1.165, 1.54) is 0 Å². The average molecular weight is 336 g/mol. The van der Waals surface area contributed by atoms with Gasteiger partial charge in [-0.25, -0.2) is 9.59 Å². The number of anilines is 1. The molecule has 134 valence electrons. The molecule has 0 aliphatic heterocycles. The largest absolute Gasteiger partial charge is 0.444 e. The number of nitrogens with two attached hydrogens (primary N) is 1. The first-order valence-electron chi connectivity index (χ1n) is 8.04. The molecule has 24 heavy (non-hydrogen) atoms. The fourth-order valence-electron chi connectivity index (χ4n) is 2.03. The molecule has 0 fully saturated rings. The number of primary amides is 1. The second-order valence-corrected chi connectivity index (χ2v) is 6.57. The van der Waals surface area contributed by atoms with Gasteiger partial charge < -0.3 is 26.4 Å². The molecule has 0 aliphatic carbocycles. The van der Waals surface area contributed by atoms with Crippen LogP contribution in [-0.4, -0.2) is 30.8 Å². The van der Waals surface area contributed by atoms with Crippen LogP contribution in [0.5, 0.6) is 0 Å². The maximum Gasteiger partial charge on any atom is 0.407 e. The molecule has 1 unspecified atom stereocenters. The van der Waals surface area contributed by atoms with Crippen LogP contribution >= 0.6 is 0 Å². The van der Waals surface area contributed by atoms with E-state index in [0.29, 0.717) is 12.2 Å². The normalized spacial score (nSPS) is 12.3. The molecule has 0 bridgehead atoms. The summed E-state index contributed by atoms with van der Waals surface area (Å²) >= 11 is 0. The highest BCUT2D eigenvalue weighted by atomic mass is 16.6. The second kappa shape index (κ2) is 9.12. The lowest BCUT2D eigenvalue weighted by Crippen LogP contribution is -2.34. The predicted octanol–water partition coefficient (Wildman–Crippen LogP) is 2.74. The van der Waals surface area contributed by atoms with Crippen LogP contribution in [0.25, 0.3) is 0 Å². The van der Waals surface area contributed by atoms with Gasteiger partial charge in [0.2, 0.25) is 0 Å². The molecular formula is C17H28N4O3. The highest BCUT2D eigenvalue weighted by Gasteiger charge is 2.15. The number of carbonyl (C=O) groups is 2. The molecule has 1 rings (SSSR count). The zero-order valence-corrected chi connectivity index (χ0v) is 14.8. The van der Waals surface area contributed by atoms with Crippen molar-refractivity contribution < 1.29 is 14.3 Å². The van der Waals surface area contributed by atoms with E-state index in [2.05, 4.69) is 22.9 Å². The van der Waals surface area contributed by atoms with E-state index in [1.54, 1.807) is 0 Å². The zero-order valence-electron chi connectivity index (χ0n) is 14.8. The number of ether oxygens (including phenoxy) is 1. The Morgan fingerprint density at radius 3 is 2.33 bits per heavy atom. The number of urea groups is 1. The fourth-order valence-corrected chi connectivity index (χ4v) is 2.03. The number of alkyl carbamates (subject to hydrolysis) is 1. The smallest absolute Gasteiger partial charge is 0.407 e. The molecule has 1 atom stereocenters. The van der Waals surface area contributed by atoms with Crippen LogP contribution in [0.1, 0.15) is 45.7 Å². The van der Waals surface area contributed by atoms with Gasteiger partial charge in [0.1, 0.15) is 5.60 Å². The van der Waals surface area contributed by atoms with Gasteiger partial charge in [0, 0.05) is 18.3 Å². The minimum absolute atomic E-state index is 0.161. The fraction of sp³-hybridized carbons (Fsp3) is 0.529. The molecular weight excluding hydrogens is 308 g/mol. The molecule has 7 heteroatoms. The summed E-state index contributed by atoms with van der Waals surface area (Å²) in [6.07, 6.45) is 0.401. The van der Waals surface area contributed by atoms with Gasteiger partial charge in [-0.05, 0) is 58.4 Å². The summed E-state index contributed by atoms with van der Waals surface area (Å²) in [5.74, 6) is 0. The number of carbonyl (C=O) groups excluding carboxylic acids is 2. The van der Waals surface area contributed by atoms with Crippen molar-refractivity contribution >= 4 is 17.8 Å². The van der Waals surface area contributed by atoms with E-state index in [0.717, 1.165) is 18.5 Å². The minimum atomic E-state index is -0.577. The number of benzene rings is 1. The second-order valence-electron chi connectivity index (χ2n) is 6.57. The molecule has 0 saturated heterocycles. The maximum atomic E-state index is 11.5. The molecule has 0 radical (unpaired) electrons. The Balaban J connectivity index is 2.25. The lowest BCUT2D eigenvalue weighted by Gasteiger charge is -2.20. The summed E-state index contributed by atoms with van der Waals surface area (Å²) in [4.78, 5) is 22.3. The molecule has 3 amide bonds. The topological polar surface area (TPSA) is 105 Å². The van der Waals surface area contributed by atoms with Crippen LogP contribution in [0.15, 0.2) is 24.3 Å². The SMILES string of the molecule is CC(NCCCNC(=O)OC(C)(C)C)c1ccc(NC(N)=O)cc1. The molecule has 0 spiro atoms. The summed E-state index contributed by atoms with van der Waals surface area (Å²) in [7, 11) is 0. The zero-order chi connectivity index (χ0) is 18.2. The quantitative estimate of drug-likeness (QED) is 0.574. The molecule has 1 aromatic rings. The van der Waals surface area contributed by atoms with Gasteiger partial charge in [-0.1, -0.05) is 12.1 Å². The van der Waals surface area contributed by atoms with E-state index in [-0.39, 0.29) is 6.04 Å². The third kappa shape index (κ3) is 8.38. The first-order chi connectivity index (χ1) is 11.2. The van der Waals surface area contributed by atoms with Crippen LogP contribution in [-0.2, 0) is 4.74 Å². The lowest BCUT2D eigenvalue weighted by atomic mass is 10.1.